The fourth-order valence-corrected chi connectivity index (χ4v) is 2.86. The van der Waals surface area contributed by atoms with E-state index in [2.05, 4.69) is 0 Å². The average Bonchev–Trinajstić information content (AvgIpc) is 2.52. The maximum atomic E-state index is 12.2. The van der Waals surface area contributed by atoms with E-state index in [1.54, 1.807) is 25.3 Å². The molecule has 6 heteroatoms. The molecule has 1 amide bonds. The van der Waals surface area contributed by atoms with Crippen molar-refractivity contribution in [2.24, 2.45) is 5.92 Å². The highest BCUT2D eigenvalue weighted by Gasteiger charge is 2.50. The van der Waals surface area contributed by atoms with Crippen LogP contribution in [-0.2, 0) is 16.1 Å². The summed E-state index contributed by atoms with van der Waals surface area (Å²) in [6.07, 6.45) is 1.39. The zero-order valence-electron chi connectivity index (χ0n) is 13.0. The zero-order chi connectivity index (χ0) is 16.3. The molecule has 0 unspecified atom stereocenters. The monoisotopic (exact) mass is 307 g/mol. The number of hydrogen-bond donors (Lipinski definition) is 1. The molecule has 0 bridgehead atoms. The number of ether oxygens (including phenoxy) is 2. The fourth-order valence-electron chi connectivity index (χ4n) is 2.86. The highest BCUT2D eigenvalue weighted by molar-refractivity contribution is 5.96. The Morgan fingerprint density at radius 3 is 2.59 bits per heavy atom. The molecule has 0 aliphatic carbocycles. The van der Waals surface area contributed by atoms with Gasteiger partial charge in [0.1, 0.15) is 17.5 Å². The molecule has 1 aromatic rings. The predicted molar refractivity (Wildman–Crippen MR) is 79.9 cm³/mol. The minimum atomic E-state index is -0.953. The maximum absolute atomic E-state index is 12.2. The van der Waals surface area contributed by atoms with Gasteiger partial charge in [0.15, 0.2) is 0 Å². The van der Waals surface area contributed by atoms with Crippen molar-refractivity contribution in [3.8, 4) is 11.5 Å². The number of amides is 1. The van der Waals surface area contributed by atoms with Gasteiger partial charge in [0, 0.05) is 11.6 Å². The Morgan fingerprint density at radius 2 is 2.05 bits per heavy atom. The van der Waals surface area contributed by atoms with Gasteiger partial charge in [-0.15, -0.1) is 0 Å². The van der Waals surface area contributed by atoms with Crippen LogP contribution in [0.4, 0.5) is 0 Å². The number of likely N-dealkylation sites (tertiary alicyclic amines) is 1. The number of carboxylic acids is 1. The van der Waals surface area contributed by atoms with Gasteiger partial charge in [-0.3, -0.25) is 4.79 Å². The van der Waals surface area contributed by atoms with Crippen LogP contribution in [0.1, 0.15) is 25.3 Å². The Kier molecular flexibility index (Phi) is 4.90. The lowest BCUT2D eigenvalue weighted by Gasteiger charge is -2.44. The van der Waals surface area contributed by atoms with Crippen molar-refractivity contribution in [3.63, 3.8) is 0 Å². The van der Waals surface area contributed by atoms with Gasteiger partial charge in [0.2, 0.25) is 5.91 Å². The number of carbonyl (C=O) groups excluding carboxylic acids is 1. The van der Waals surface area contributed by atoms with Crippen molar-refractivity contribution in [3.05, 3.63) is 23.8 Å². The molecule has 1 fully saturated rings. The summed E-state index contributed by atoms with van der Waals surface area (Å²) in [5.41, 5.74) is 0.762. The van der Waals surface area contributed by atoms with Crippen LogP contribution in [0, 0.1) is 5.92 Å². The van der Waals surface area contributed by atoms with Crippen molar-refractivity contribution in [1.29, 1.82) is 0 Å². The van der Waals surface area contributed by atoms with Gasteiger partial charge in [0.05, 0.1) is 26.7 Å². The smallest absolute Gasteiger partial charge is 0.327 e. The molecule has 0 radical (unpaired) electrons. The summed E-state index contributed by atoms with van der Waals surface area (Å²) in [5.74, 6) is -0.242. The molecule has 0 saturated carbocycles. The van der Waals surface area contributed by atoms with Gasteiger partial charge in [0.25, 0.3) is 0 Å². The summed E-state index contributed by atoms with van der Waals surface area (Å²) in [7, 11) is 3.09. The Labute approximate surface area is 129 Å². The fraction of sp³-hybridized carbons (Fsp3) is 0.500. The molecule has 1 aliphatic rings. The number of hydrogen-bond acceptors (Lipinski definition) is 4. The van der Waals surface area contributed by atoms with Crippen LogP contribution in [0.3, 0.4) is 0 Å². The minimum Gasteiger partial charge on any atom is -0.497 e. The van der Waals surface area contributed by atoms with E-state index in [0.29, 0.717) is 17.9 Å². The molecule has 2 atom stereocenters. The normalized spacial score (nSPS) is 20.5. The molecular formula is C16H21NO5. The number of rotatable bonds is 7. The van der Waals surface area contributed by atoms with Gasteiger partial charge in [-0.2, -0.15) is 0 Å². The number of carbonyl (C=O) groups is 2. The molecule has 1 saturated heterocycles. The second-order valence-corrected chi connectivity index (χ2v) is 5.32. The van der Waals surface area contributed by atoms with Crippen LogP contribution < -0.4 is 9.47 Å². The van der Waals surface area contributed by atoms with E-state index in [-0.39, 0.29) is 12.5 Å². The first-order valence-corrected chi connectivity index (χ1v) is 7.27. The molecule has 1 aromatic carbocycles. The summed E-state index contributed by atoms with van der Waals surface area (Å²) in [4.78, 5) is 25.0. The summed E-state index contributed by atoms with van der Waals surface area (Å²) in [5, 5.41) is 9.36. The second-order valence-electron chi connectivity index (χ2n) is 5.32. The van der Waals surface area contributed by atoms with Gasteiger partial charge >= 0.3 is 5.97 Å². The van der Waals surface area contributed by atoms with Crippen LogP contribution in [0.25, 0.3) is 0 Å². The molecular weight excluding hydrogens is 286 g/mol. The molecule has 120 valence electrons. The average molecular weight is 307 g/mol. The third kappa shape index (κ3) is 2.86. The van der Waals surface area contributed by atoms with Gasteiger partial charge in [-0.1, -0.05) is 13.3 Å². The molecule has 2 rings (SSSR count). The first-order chi connectivity index (χ1) is 10.5. The predicted octanol–water partition coefficient (Wildman–Crippen LogP) is 1.92. The summed E-state index contributed by atoms with van der Waals surface area (Å²) < 4.78 is 10.4. The molecule has 1 N–H and O–H groups in total. The first kappa shape index (κ1) is 16.1. The highest BCUT2D eigenvalue weighted by atomic mass is 16.5. The van der Waals surface area contributed by atoms with Gasteiger partial charge in [-0.05, 0) is 18.6 Å². The number of benzene rings is 1. The Morgan fingerprint density at radius 1 is 1.32 bits per heavy atom. The second kappa shape index (κ2) is 6.68. The summed E-state index contributed by atoms with van der Waals surface area (Å²) in [6.45, 7) is 2.17. The van der Waals surface area contributed by atoms with Crippen LogP contribution in [0.15, 0.2) is 18.2 Å². The molecule has 1 heterocycles. The van der Waals surface area contributed by atoms with E-state index in [4.69, 9.17) is 9.47 Å². The zero-order valence-corrected chi connectivity index (χ0v) is 13.0. The summed E-state index contributed by atoms with van der Waals surface area (Å²) >= 11 is 0. The third-order valence-corrected chi connectivity index (χ3v) is 4.00. The Bertz CT molecular complexity index is 572. The molecule has 1 aliphatic heterocycles. The minimum absolute atomic E-state index is 0.105. The lowest BCUT2D eigenvalue weighted by molar-refractivity contribution is -0.172. The van der Waals surface area contributed by atoms with E-state index in [1.807, 2.05) is 6.92 Å². The van der Waals surface area contributed by atoms with Crippen molar-refractivity contribution >= 4 is 11.9 Å². The summed E-state index contributed by atoms with van der Waals surface area (Å²) in [6, 6.07) is 4.52. The Hall–Kier alpha value is -2.24. The number of nitrogens with zero attached hydrogens (tertiary/aromatic N) is 1. The quantitative estimate of drug-likeness (QED) is 0.779. The number of β-lactam (4-membered cyclic amide) rings is 1. The van der Waals surface area contributed by atoms with Crippen LogP contribution in [-0.4, -0.2) is 42.1 Å². The van der Waals surface area contributed by atoms with Crippen molar-refractivity contribution in [1.82, 2.24) is 4.90 Å². The van der Waals surface area contributed by atoms with Crippen LogP contribution >= 0.6 is 0 Å². The van der Waals surface area contributed by atoms with E-state index < -0.39 is 17.9 Å². The lowest BCUT2D eigenvalue weighted by atomic mass is 9.83. The van der Waals surface area contributed by atoms with E-state index >= 15 is 0 Å². The SMILES string of the molecule is CCC[C@@H]1C(=O)N(Cc2ccc(OC)cc2OC)[C@H]1C(=O)O. The van der Waals surface area contributed by atoms with Gasteiger partial charge in [-0.25, -0.2) is 4.79 Å². The number of methoxy groups -OCH3 is 2. The standard InChI is InChI=1S/C16H21NO5/c1-4-5-12-14(16(19)20)17(15(12)18)9-10-6-7-11(21-2)8-13(10)22-3/h6-8,12,14H,4-5,9H2,1-3H3,(H,19,20)/t12-,14+/m0/s1. The molecule has 0 aromatic heterocycles. The van der Waals surface area contributed by atoms with E-state index in [1.165, 1.54) is 12.0 Å². The van der Waals surface area contributed by atoms with Crippen molar-refractivity contribution in [2.45, 2.75) is 32.4 Å². The van der Waals surface area contributed by atoms with Crippen LogP contribution in [0.5, 0.6) is 11.5 Å². The van der Waals surface area contributed by atoms with Crippen molar-refractivity contribution in [2.75, 3.05) is 14.2 Å². The number of aliphatic carboxylic acids is 1. The third-order valence-electron chi connectivity index (χ3n) is 4.00. The van der Waals surface area contributed by atoms with E-state index in [0.717, 1.165) is 12.0 Å². The molecule has 22 heavy (non-hydrogen) atoms. The maximum Gasteiger partial charge on any atom is 0.327 e. The number of carboxylic acid groups (broad SMARTS) is 1. The highest BCUT2D eigenvalue weighted by Crippen LogP contribution is 2.34. The van der Waals surface area contributed by atoms with E-state index in [9.17, 15) is 14.7 Å². The molecule has 0 spiro atoms. The largest absolute Gasteiger partial charge is 0.497 e. The Balaban J connectivity index is 2.19. The van der Waals surface area contributed by atoms with Crippen molar-refractivity contribution < 1.29 is 24.2 Å². The first-order valence-electron chi connectivity index (χ1n) is 7.27. The van der Waals surface area contributed by atoms with Crippen LogP contribution in [0.2, 0.25) is 0 Å². The molecule has 6 nitrogen and oxygen atoms in total. The topological polar surface area (TPSA) is 76.1 Å². The van der Waals surface area contributed by atoms with Gasteiger partial charge < -0.3 is 19.5 Å². The lowest BCUT2D eigenvalue weighted by Crippen LogP contribution is -2.63.